The van der Waals surface area contributed by atoms with Gasteiger partial charge in [0.1, 0.15) is 17.7 Å². The molecule has 4 aliphatic rings. The highest BCUT2D eigenvalue weighted by atomic mass is 16.2. The summed E-state index contributed by atoms with van der Waals surface area (Å²) in [4.78, 5) is 33.2. The lowest BCUT2D eigenvalue weighted by molar-refractivity contribution is -0.134. The van der Waals surface area contributed by atoms with Gasteiger partial charge in [0.25, 0.3) is 5.91 Å². The number of aliphatic imine (C=N–C) groups is 2. The van der Waals surface area contributed by atoms with E-state index < -0.39 is 0 Å². The van der Waals surface area contributed by atoms with Crippen molar-refractivity contribution < 1.29 is 4.79 Å². The number of fused-ring (bicyclic) bond motifs is 3. The van der Waals surface area contributed by atoms with Crippen molar-refractivity contribution >= 4 is 29.6 Å². The molecule has 32 heavy (non-hydrogen) atoms. The molecule has 0 saturated carbocycles. The molecule has 0 aromatic carbocycles. The van der Waals surface area contributed by atoms with E-state index in [4.69, 9.17) is 4.99 Å². The van der Waals surface area contributed by atoms with Crippen LogP contribution in [-0.4, -0.2) is 84.8 Å². The van der Waals surface area contributed by atoms with Crippen LogP contribution in [0, 0.1) is 11.3 Å². The van der Waals surface area contributed by atoms with E-state index in [2.05, 4.69) is 57.2 Å². The Hall–Kier alpha value is -2.94. The molecule has 0 spiro atoms. The first kappa shape index (κ1) is 20.9. The van der Waals surface area contributed by atoms with Crippen LogP contribution in [0.4, 0.5) is 11.5 Å². The molecule has 2 N–H and O–H groups in total. The van der Waals surface area contributed by atoms with Crippen LogP contribution in [0.25, 0.3) is 0 Å². The van der Waals surface area contributed by atoms with Crippen LogP contribution in [0.2, 0.25) is 0 Å². The Balaban J connectivity index is 1.35. The van der Waals surface area contributed by atoms with Crippen molar-refractivity contribution in [2.75, 3.05) is 50.0 Å². The second-order valence-corrected chi connectivity index (χ2v) is 10.0. The standard InChI is InChI=1S/C23H32N8O/c1-23(2,3)18-14-29(4)21(32)17-11-15-12-26-22(28-20(15)31(17)18)27-19-6-5-16(13-25-19)30-9-7-24-8-10-30/h5-6,11-13,15,18,20,24H,7-10,14H2,1-4H3,(H,25,27,28)/t15?,18-,20?/m1/s1. The second-order valence-electron chi connectivity index (χ2n) is 10.0. The summed E-state index contributed by atoms with van der Waals surface area (Å²) >= 11 is 0. The zero-order chi connectivity index (χ0) is 22.5. The molecule has 170 valence electrons. The van der Waals surface area contributed by atoms with E-state index in [1.54, 1.807) is 0 Å². The van der Waals surface area contributed by atoms with Gasteiger partial charge in [0.2, 0.25) is 5.96 Å². The third-order valence-electron chi connectivity index (χ3n) is 6.70. The number of nitrogens with zero attached hydrogens (tertiary/aromatic N) is 6. The molecule has 2 fully saturated rings. The van der Waals surface area contributed by atoms with Crippen molar-refractivity contribution in [3.63, 3.8) is 0 Å². The van der Waals surface area contributed by atoms with E-state index in [1.165, 1.54) is 0 Å². The number of hydrogen-bond acceptors (Lipinski definition) is 8. The molecule has 1 aromatic heterocycles. The maximum Gasteiger partial charge on any atom is 0.269 e. The monoisotopic (exact) mass is 436 g/mol. The Morgan fingerprint density at radius 2 is 1.97 bits per heavy atom. The fourth-order valence-corrected chi connectivity index (χ4v) is 4.87. The average Bonchev–Trinajstić information content (AvgIpc) is 3.16. The quantitative estimate of drug-likeness (QED) is 0.728. The molecule has 1 aromatic rings. The van der Waals surface area contributed by atoms with E-state index in [9.17, 15) is 4.79 Å². The minimum absolute atomic E-state index is 0.00102. The third-order valence-corrected chi connectivity index (χ3v) is 6.70. The van der Waals surface area contributed by atoms with Gasteiger partial charge in [0.05, 0.1) is 23.8 Å². The van der Waals surface area contributed by atoms with Crippen LogP contribution in [0.15, 0.2) is 40.1 Å². The predicted molar refractivity (Wildman–Crippen MR) is 127 cm³/mol. The van der Waals surface area contributed by atoms with E-state index in [0.717, 1.165) is 37.6 Å². The van der Waals surface area contributed by atoms with E-state index in [-0.39, 0.29) is 29.4 Å². The van der Waals surface area contributed by atoms with Gasteiger partial charge in [0.15, 0.2) is 0 Å². The van der Waals surface area contributed by atoms with Crippen molar-refractivity contribution in [3.05, 3.63) is 30.1 Å². The van der Waals surface area contributed by atoms with Crippen LogP contribution in [0.3, 0.4) is 0 Å². The van der Waals surface area contributed by atoms with Gasteiger partial charge in [-0.1, -0.05) is 20.8 Å². The number of aromatic nitrogens is 1. The predicted octanol–water partition coefficient (Wildman–Crippen LogP) is 1.37. The van der Waals surface area contributed by atoms with Gasteiger partial charge in [-0.2, -0.15) is 0 Å². The first-order valence-electron chi connectivity index (χ1n) is 11.4. The molecule has 0 radical (unpaired) electrons. The minimum Gasteiger partial charge on any atom is -0.368 e. The average molecular weight is 437 g/mol. The Morgan fingerprint density at radius 3 is 2.66 bits per heavy atom. The molecule has 4 aliphatic heterocycles. The zero-order valence-corrected chi connectivity index (χ0v) is 19.2. The number of carbonyl (C=O) groups excluding carboxylic acids is 1. The minimum atomic E-state index is -0.160. The van der Waals surface area contributed by atoms with Crippen molar-refractivity contribution in [2.45, 2.75) is 33.0 Å². The number of carbonyl (C=O) groups is 1. The molecular weight excluding hydrogens is 404 g/mol. The summed E-state index contributed by atoms with van der Waals surface area (Å²) in [6, 6.07) is 4.23. The summed E-state index contributed by atoms with van der Waals surface area (Å²) in [6.45, 7) is 11.3. The van der Waals surface area contributed by atoms with Gasteiger partial charge in [-0.05, 0) is 23.6 Å². The topological polar surface area (TPSA) is 88.5 Å². The van der Waals surface area contributed by atoms with Crippen molar-refractivity contribution in [2.24, 2.45) is 21.3 Å². The van der Waals surface area contributed by atoms with E-state index >= 15 is 0 Å². The van der Waals surface area contributed by atoms with Gasteiger partial charge >= 0.3 is 0 Å². The Bertz CT molecular complexity index is 971. The van der Waals surface area contributed by atoms with Crippen LogP contribution >= 0.6 is 0 Å². The van der Waals surface area contributed by atoms with Crippen LogP contribution < -0.4 is 15.5 Å². The Morgan fingerprint density at radius 1 is 1.19 bits per heavy atom. The number of likely N-dealkylation sites (N-methyl/N-ethyl adjacent to an activating group) is 1. The second kappa shape index (κ2) is 7.88. The zero-order valence-electron chi connectivity index (χ0n) is 19.2. The van der Waals surface area contributed by atoms with E-state index in [0.29, 0.717) is 18.3 Å². The highest BCUT2D eigenvalue weighted by molar-refractivity contribution is 6.01. The number of guanidine groups is 1. The van der Waals surface area contributed by atoms with Crippen molar-refractivity contribution in [1.82, 2.24) is 20.1 Å². The maximum absolute atomic E-state index is 12.8. The molecular formula is C23H32N8O. The number of amides is 1. The van der Waals surface area contributed by atoms with Crippen LogP contribution in [-0.2, 0) is 4.79 Å². The summed E-state index contributed by atoms with van der Waals surface area (Å²) < 4.78 is 0. The lowest BCUT2D eigenvalue weighted by Gasteiger charge is -2.48. The number of anilines is 2. The fourth-order valence-electron chi connectivity index (χ4n) is 4.87. The van der Waals surface area contributed by atoms with E-state index in [1.807, 2.05) is 36.5 Å². The largest absolute Gasteiger partial charge is 0.368 e. The number of hydrogen-bond donors (Lipinski definition) is 2. The van der Waals surface area contributed by atoms with Gasteiger partial charge in [-0.15, -0.1) is 0 Å². The smallest absolute Gasteiger partial charge is 0.269 e. The molecule has 5 rings (SSSR count). The maximum atomic E-state index is 12.8. The normalized spacial score (nSPS) is 27.7. The Labute approximate surface area is 189 Å². The summed E-state index contributed by atoms with van der Waals surface area (Å²) in [5, 5.41) is 6.63. The molecule has 5 heterocycles. The summed E-state index contributed by atoms with van der Waals surface area (Å²) in [7, 11) is 1.88. The lowest BCUT2D eigenvalue weighted by Crippen LogP contribution is -2.59. The molecule has 9 heteroatoms. The highest BCUT2D eigenvalue weighted by Crippen LogP contribution is 2.40. The highest BCUT2D eigenvalue weighted by Gasteiger charge is 2.49. The van der Waals surface area contributed by atoms with Crippen LogP contribution in [0.5, 0.6) is 0 Å². The van der Waals surface area contributed by atoms with Gasteiger partial charge in [-0.25, -0.2) is 15.0 Å². The molecule has 9 nitrogen and oxygen atoms in total. The molecule has 2 unspecified atom stereocenters. The van der Waals surface area contributed by atoms with Gasteiger partial charge in [0, 0.05) is 46.0 Å². The van der Waals surface area contributed by atoms with Gasteiger partial charge < -0.3 is 25.3 Å². The van der Waals surface area contributed by atoms with Gasteiger partial charge in [-0.3, -0.25) is 4.79 Å². The van der Waals surface area contributed by atoms with Crippen LogP contribution in [0.1, 0.15) is 20.8 Å². The lowest BCUT2D eigenvalue weighted by atomic mass is 9.83. The third kappa shape index (κ3) is 3.74. The fraction of sp³-hybridized carbons (Fsp3) is 0.565. The van der Waals surface area contributed by atoms with Crippen molar-refractivity contribution in [1.29, 1.82) is 0 Å². The molecule has 1 amide bonds. The number of nitrogens with one attached hydrogen (secondary N) is 2. The molecule has 0 bridgehead atoms. The molecule has 3 atom stereocenters. The molecule has 2 saturated heterocycles. The number of piperazine rings is 2. The number of rotatable bonds is 2. The number of pyridine rings is 1. The van der Waals surface area contributed by atoms with Crippen molar-refractivity contribution in [3.8, 4) is 0 Å². The molecule has 0 aliphatic carbocycles. The SMILES string of the molecule is CN1C[C@H](C(C)(C)C)N2C(=CC3C=NC(Nc4ccc(N5CCNCC5)cn4)=NC32)C1=O. The summed E-state index contributed by atoms with van der Waals surface area (Å²) in [5.74, 6) is 1.30. The first-order chi connectivity index (χ1) is 15.3. The Kier molecular flexibility index (Phi) is 5.16. The summed E-state index contributed by atoms with van der Waals surface area (Å²) in [6.07, 6.45) is 5.65. The summed E-state index contributed by atoms with van der Waals surface area (Å²) in [5.41, 5.74) is 1.87. The first-order valence-corrected chi connectivity index (χ1v) is 11.4.